The Labute approximate surface area is 105 Å². The van der Waals surface area contributed by atoms with Crippen LogP contribution in [0, 0.1) is 5.92 Å². The average molecular weight is 229 g/mol. The number of benzene rings is 1. The molecule has 0 saturated carbocycles. The van der Waals surface area contributed by atoms with Crippen LogP contribution < -0.4 is 0 Å². The summed E-state index contributed by atoms with van der Waals surface area (Å²) in [5.41, 5.74) is 1.53. The van der Waals surface area contributed by atoms with Gasteiger partial charge in [-0.25, -0.2) is 0 Å². The minimum absolute atomic E-state index is 0.887. The van der Waals surface area contributed by atoms with E-state index < -0.39 is 0 Å². The van der Waals surface area contributed by atoms with Crippen molar-refractivity contribution in [3.05, 3.63) is 35.9 Å². The average Bonchev–Trinajstić information content (AvgIpc) is 2.40. The van der Waals surface area contributed by atoms with Crippen molar-refractivity contribution in [2.45, 2.75) is 44.6 Å². The van der Waals surface area contributed by atoms with Gasteiger partial charge in [0, 0.05) is 6.04 Å². The van der Waals surface area contributed by atoms with Gasteiger partial charge in [0.25, 0.3) is 0 Å². The third kappa shape index (κ3) is 2.55. The fourth-order valence-corrected chi connectivity index (χ4v) is 3.73. The van der Waals surface area contributed by atoms with Gasteiger partial charge < -0.3 is 4.90 Å². The van der Waals surface area contributed by atoms with Crippen LogP contribution in [0.2, 0.25) is 0 Å². The number of nitrogens with zero attached hydrogens (tertiary/aromatic N) is 1. The Balaban J connectivity index is 1.69. The molecule has 2 atom stereocenters. The number of hydrogen-bond acceptors (Lipinski definition) is 1. The molecule has 0 amide bonds. The van der Waals surface area contributed by atoms with Gasteiger partial charge >= 0.3 is 0 Å². The van der Waals surface area contributed by atoms with E-state index in [0.717, 1.165) is 12.0 Å². The van der Waals surface area contributed by atoms with Crippen LogP contribution >= 0.6 is 0 Å². The Morgan fingerprint density at radius 3 is 2.65 bits per heavy atom. The van der Waals surface area contributed by atoms with E-state index in [1.165, 1.54) is 57.2 Å². The van der Waals surface area contributed by atoms with E-state index in [2.05, 4.69) is 35.2 Å². The summed E-state index contributed by atoms with van der Waals surface area (Å²) in [5.74, 6) is 0.909. The number of hydrogen-bond donors (Lipinski definition) is 0. The third-order valence-electron chi connectivity index (χ3n) is 4.57. The van der Waals surface area contributed by atoms with Gasteiger partial charge in [0.15, 0.2) is 0 Å². The van der Waals surface area contributed by atoms with Crippen LogP contribution in [0.1, 0.15) is 37.7 Å². The molecule has 2 heterocycles. The minimum Gasteiger partial charge on any atom is -0.300 e. The molecule has 2 fully saturated rings. The molecular formula is C16H23N. The van der Waals surface area contributed by atoms with Gasteiger partial charge in [-0.15, -0.1) is 0 Å². The zero-order valence-electron chi connectivity index (χ0n) is 10.6. The highest BCUT2D eigenvalue weighted by atomic mass is 15.2. The molecule has 0 radical (unpaired) electrons. The van der Waals surface area contributed by atoms with Crippen LogP contribution in [0.15, 0.2) is 30.3 Å². The normalized spacial score (nSPS) is 29.9. The molecule has 1 aromatic carbocycles. The fourth-order valence-electron chi connectivity index (χ4n) is 3.73. The second-order valence-corrected chi connectivity index (χ2v) is 5.69. The molecule has 2 aliphatic heterocycles. The summed E-state index contributed by atoms with van der Waals surface area (Å²) in [6, 6.07) is 12.0. The molecule has 2 aliphatic rings. The lowest BCUT2D eigenvalue weighted by molar-refractivity contribution is 0.0597. The summed E-state index contributed by atoms with van der Waals surface area (Å²) >= 11 is 0. The SMILES string of the molecule is c1ccc(C[C@@H]2CCCN3CCCC[C@H]23)cc1. The Morgan fingerprint density at radius 1 is 0.941 bits per heavy atom. The first-order valence-corrected chi connectivity index (χ1v) is 7.21. The van der Waals surface area contributed by atoms with Crippen molar-refractivity contribution in [3.63, 3.8) is 0 Å². The van der Waals surface area contributed by atoms with Crippen LogP contribution in [-0.2, 0) is 6.42 Å². The van der Waals surface area contributed by atoms with Crippen molar-refractivity contribution in [1.29, 1.82) is 0 Å². The fraction of sp³-hybridized carbons (Fsp3) is 0.625. The molecule has 0 unspecified atom stereocenters. The molecule has 0 N–H and O–H groups in total. The molecule has 92 valence electrons. The Bertz CT molecular complexity index is 344. The van der Waals surface area contributed by atoms with Crippen molar-refractivity contribution in [3.8, 4) is 0 Å². The summed E-state index contributed by atoms with van der Waals surface area (Å²) in [4.78, 5) is 2.76. The summed E-state index contributed by atoms with van der Waals surface area (Å²) in [6.45, 7) is 2.71. The van der Waals surface area contributed by atoms with Crippen LogP contribution in [0.25, 0.3) is 0 Å². The van der Waals surface area contributed by atoms with E-state index in [1.807, 2.05) is 0 Å². The molecule has 3 rings (SSSR count). The minimum atomic E-state index is 0.887. The Hall–Kier alpha value is -0.820. The second-order valence-electron chi connectivity index (χ2n) is 5.69. The van der Waals surface area contributed by atoms with Gasteiger partial charge in [-0.1, -0.05) is 36.8 Å². The van der Waals surface area contributed by atoms with Gasteiger partial charge in [-0.05, 0) is 56.7 Å². The smallest absolute Gasteiger partial charge is 0.0127 e. The van der Waals surface area contributed by atoms with Gasteiger partial charge in [0.05, 0.1) is 0 Å². The zero-order valence-corrected chi connectivity index (χ0v) is 10.6. The quantitative estimate of drug-likeness (QED) is 0.750. The maximum atomic E-state index is 2.76. The second kappa shape index (κ2) is 5.22. The largest absolute Gasteiger partial charge is 0.300 e. The third-order valence-corrected chi connectivity index (χ3v) is 4.57. The first kappa shape index (κ1) is 11.3. The summed E-state index contributed by atoms with van der Waals surface area (Å²) in [6.07, 6.45) is 8.46. The van der Waals surface area contributed by atoms with Crippen molar-refractivity contribution in [2.75, 3.05) is 13.1 Å². The van der Waals surface area contributed by atoms with Gasteiger partial charge in [0.2, 0.25) is 0 Å². The molecule has 1 heteroatoms. The summed E-state index contributed by atoms with van der Waals surface area (Å²) in [5, 5.41) is 0. The van der Waals surface area contributed by atoms with Gasteiger partial charge in [-0.3, -0.25) is 0 Å². The van der Waals surface area contributed by atoms with Crippen molar-refractivity contribution >= 4 is 0 Å². The van der Waals surface area contributed by atoms with E-state index in [0.29, 0.717) is 0 Å². The first-order chi connectivity index (χ1) is 8.43. The van der Waals surface area contributed by atoms with Crippen LogP contribution in [0.5, 0.6) is 0 Å². The molecular weight excluding hydrogens is 206 g/mol. The zero-order chi connectivity index (χ0) is 11.5. The van der Waals surface area contributed by atoms with Crippen LogP contribution in [-0.4, -0.2) is 24.0 Å². The van der Waals surface area contributed by atoms with Crippen LogP contribution in [0.4, 0.5) is 0 Å². The van der Waals surface area contributed by atoms with E-state index in [9.17, 15) is 0 Å². The summed E-state index contributed by atoms with van der Waals surface area (Å²) < 4.78 is 0. The number of piperidine rings is 2. The maximum Gasteiger partial charge on any atom is 0.0127 e. The topological polar surface area (TPSA) is 3.24 Å². The van der Waals surface area contributed by atoms with E-state index in [4.69, 9.17) is 0 Å². The highest BCUT2D eigenvalue weighted by Gasteiger charge is 2.32. The van der Waals surface area contributed by atoms with Crippen LogP contribution in [0.3, 0.4) is 0 Å². The molecule has 0 spiro atoms. The van der Waals surface area contributed by atoms with E-state index in [-0.39, 0.29) is 0 Å². The molecule has 2 saturated heterocycles. The van der Waals surface area contributed by atoms with E-state index >= 15 is 0 Å². The maximum absolute atomic E-state index is 2.76. The molecule has 0 aromatic heterocycles. The predicted molar refractivity (Wildman–Crippen MR) is 72.1 cm³/mol. The molecule has 0 bridgehead atoms. The molecule has 0 aliphatic carbocycles. The first-order valence-electron chi connectivity index (χ1n) is 7.21. The standard InChI is InChI=1S/C16H23N/c1-2-7-14(8-3-1)13-15-9-6-12-17-11-5-4-10-16(15)17/h1-3,7-8,15-16H,4-6,9-13H2/t15-,16+/m0/s1. The lowest BCUT2D eigenvalue weighted by atomic mass is 9.80. The lowest BCUT2D eigenvalue weighted by Gasteiger charge is -2.44. The summed E-state index contributed by atoms with van der Waals surface area (Å²) in [7, 11) is 0. The molecule has 1 nitrogen and oxygen atoms in total. The molecule has 17 heavy (non-hydrogen) atoms. The van der Waals surface area contributed by atoms with E-state index in [1.54, 1.807) is 0 Å². The monoisotopic (exact) mass is 229 g/mol. The predicted octanol–water partition coefficient (Wildman–Crippen LogP) is 3.49. The van der Waals surface area contributed by atoms with Crippen molar-refractivity contribution in [1.82, 2.24) is 4.90 Å². The molecule has 1 aromatic rings. The number of rotatable bonds is 2. The van der Waals surface area contributed by atoms with Gasteiger partial charge in [-0.2, -0.15) is 0 Å². The van der Waals surface area contributed by atoms with Crippen molar-refractivity contribution in [2.24, 2.45) is 5.92 Å². The lowest BCUT2D eigenvalue weighted by Crippen LogP contribution is -2.48. The van der Waals surface area contributed by atoms with Crippen molar-refractivity contribution < 1.29 is 0 Å². The highest BCUT2D eigenvalue weighted by Crippen LogP contribution is 2.32. The van der Waals surface area contributed by atoms with Gasteiger partial charge in [0.1, 0.15) is 0 Å². The number of fused-ring (bicyclic) bond motifs is 1. The Morgan fingerprint density at radius 2 is 1.76 bits per heavy atom. The Kier molecular flexibility index (Phi) is 3.46. The highest BCUT2D eigenvalue weighted by molar-refractivity contribution is 5.16.